The van der Waals surface area contributed by atoms with Crippen LogP contribution in [0.3, 0.4) is 0 Å². The van der Waals surface area contributed by atoms with Crippen molar-refractivity contribution in [1.29, 1.82) is 0 Å². The first-order chi connectivity index (χ1) is 7.17. The Bertz CT molecular complexity index is 357. The van der Waals surface area contributed by atoms with Crippen molar-refractivity contribution in [2.45, 2.75) is 6.42 Å². The second kappa shape index (κ2) is 5.60. The number of halogens is 1. The molecule has 0 fully saturated rings. The molecule has 5 heteroatoms. The van der Waals surface area contributed by atoms with E-state index in [9.17, 15) is 9.18 Å². The summed E-state index contributed by atoms with van der Waals surface area (Å²) in [6.07, 6.45) is 0.309. The number of benzene rings is 1. The van der Waals surface area contributed by atoms with Crippen molar-refractivity contribution in [2.24, 2.45) is 0 Å². The molecule has 15 heavy (non-hydrogen) atoms. The third-order valence-corrected chi connectivity index (χ3v) is 2.00. The van der Waals surface area contributed by atoms with Crippen LogP contribution in [0.15, 0.2) is 18.2 Å². The molecule has 1 aromatic carbocycles. The Labute approximate surface area is 93.0 Å². The normalized spacial score (nSPS) is 9.80. The smallest absolute Gasteiger partial charge is 0.225 e. The lowest BCUT2D eigenvalue weighted by molar-refractivity contribution is -0.115. The Balaban J connectivity index is 2.80. The van der Waals surface area contributed by atoms with Gasteiger partial charge in [-0.2, -0.15) is 12.6 Å². The van der Waals surface area contributed by atoms with E-state index in [2.05, 4.69) is 17.9 Å². The van der Waals surface area contributed by atoms with Crippen LogP contribution >= 0.6 is 12.6 Å². The molecular formula is C10H12FNO2S. The summed E-state index contributed by atoms with van der Waals surface area (Å²) in [4.78, 5) is 11.3. The van der Waals surface area contributed by atoms with Crippen LogP contribution in [0.2, 0.25) is 0 Å². The van der Waals surface area contributed by atoms with Gasteiger partial charge in [0.2, 0.25) is 5.91 Å². The Morgan fingerprint density at radius 3 is 2.93 bits per heavy atom. The van der Waals surface area contributed by atoms with Crippen LogP contribution in [0.5, 0.6) is 5.75 Å². The summed E-state index contributed by atoms with van der Waals surface area (Å²) in [5.41, 5.74) is 0.464. The standard InChI is InChI=1S/C10H12FNO2S/c1-14-9-6-7(11)2-3-8(9)12-10(13)4-5-15/h2-3,6,15H,4-5H2,1H3,(H,12,13). The zero-order valence-corrected chi connectivity index (χ0v) is 9.18. The van der Waals surface area contributed by atoms with Crippen molar-refractivity contribution in [3.05, 3.63) is 24.0 Å². The van der Waals surface area contributed by atoms with Crippen molar-refractivity contribution in [1.82, 2.24) is 0 Å². The topological polar surface area (TPSA) is 38.3 Å². The summed E-state index contributed by atoms with van der Waals surface area (Å²) in [6.45, 7) is 0. The molecule has 0 aliphatic carbocycles. The molecule has 0 atom stereocenters. The van der Waals surface area contributed by atoms with Crippen molar-refractivity contribution >= 4 is 24.2 Å². The first-order valence-corrected chi connectivity index (χ1v) is 5.05. The van der Waals surface area contributed by atoms with E-state index >= 15 is 0 Å². The molecule has 0 unspecified atom stereocenters. The summed E-state index contributed by atoms with van der Waals surface area (Å²) in [7, 11) is 1.42. The Kier molecular flexibility index (Phi) is 4.42. The van der Waals surface area contributed by atoms with Crippen molar-refractivity contribution in [2.75, 3.05) is 18.2 Å². The number of amides is 1. The molecule has 0 spiro atoms. The maximum Gasteiger partial charge on any atom is 0.225 e. The monoisotopic (exact) mass is 229 g/mol. The fraction of sp³-hybridized carbons (Fsp3) is 0.300. The van der Waals surface area contributed by atoms with Crippen LogP contribution in [0, 0.1) is 5.82 Å². The molecule has 0 heterocycles. The number of methoxy groups -OCH3 is 1. The molecule has 0 saturated carbocycles. The molecular weight excluding hydrogens is 217 g/mol. The van der Waals surface area contributed by atoms with Crippen molar-refractivity contribution in [3.63, 3.8) is 0 Å². The van der Waals surface area contributed by atoms with Gasteiger partial charge in [-0.25, -0.2) is 4.39 Å². The number of hydrogen-bond acceptors (Lipinski definition) is 3. The van der Waals surface area contributed by atoms with E-state index in [4.69, 9.17) is 4.74 Å². The zero-order chi connectivity index (χ0) is 11.3. The molecule has 0 aliphatic heterocycles. The molecule has 1 aromatic rings. The molecule has 3 nitrogen and oxygen atoms in total. The van der Waals surface area contributed by atoms with Gasteiger partial charge < -0.3 is 10.1 Å². The van der Waals surface area contributed by atoms with E-state index in [1.807, 2.05) is 0 Å². The van der Waals surface area contributed by atoms with Gasteiger partial charge in [0, 0.05) is 12.5 Å². The molecule has 0 radical (unpaired) electrons. The van der Waals surface area contributed by atoms with Gasteiger partial charge in [-0.1, -0.05) is 0 Å². The summed E-state index contributed by atoms with van der Waals surface area (Å²) in [5.74, 6) is 0.200. The van der Waals surface area contributed by atoms with Gasteiger partial charge in [-0.15, -0.1) is 0 Å². The quantitative estimate of drug-likeness (QED) is 0.776. The van der Waals surface area contributed by atoms with E-state index in [1.165, 1.54) is 25.3 Å². The zero-order valence-electron chi connectivity index (χ0n) is 8.29. The molecule has 1 rings (SSSR count). The number of ether oxygens (including phenoxy) is 1. The van der Waals surface area contributed by atoms with Crippen LogP contribution in [0.25, 0.3) is 0 Å². The second-order valence-corrected chi connectivity index (χ2v) is 3.31. The summed E-state index contributed by atoms with van der Waals surface area (Å²) < 4.78 is 17.7. The van der Waals surface area contributed by atoms with Crippen LogP contribution < -0.4 is 10.1 Å². The minimum atomic E-state index is -0.404. The molecule has 1 N–H and O–H groups in total. The van der Waals surface area contributed by atoms with Crippen LogP contribution in [-0.2, 0) is 4.79 Å². The first kappa shape index (κ1) is 11.8. The lowest BCUT2D eigenvalue weighted by Crippen LogP contribution is -2.12. The van der Waals surface area contributed by atoms with E-state index in [0.717, 1.165) is 0 Å². The predicted octanol–water partition coefficient (Wildman–Crippen LogP) is 2.09. The third kappa shape index (κ3) is 3.43. The van der Waals surface area contributed by atoms with Crippen LogP contribution in [0.1, 0.15) is 6.42 Å². The van der Waals surface area contributed by atoms with Gasteiger partial charge in [0.15, 0.2) is 0 Å². The SMILES string of the molecule is COc1cc(F)ccc1NC(=O)CCS. The van der Waals surface area contributed by atoms with Gasteiger partial charge >= 0.3 is 0 Å². The average Bonchev–Trinajstić information content (AvgIpc) is 2.21. The number of thiol groups is 1. The predicted molar refractivity (Wildman–Crippen MR) is 60.1 cm³/mol. The molecule has 0 aliphatic rings. The third-order valence-electron chi connectivity index (χ3n) is 1.78. The first-order valence-electron chi connectivity index (χ1n) is 4.41. The Hall–Kier alpha value is -1.23. The largest absolute Gasteiger partial charge is 0.494 e. The fourth-order valence-corrected chi connectivity index (χ4v) is 1.29. The highest BCUT2D eigenvalue weighted by molar-refractivity contribution is 7.80. The number of anilines is 1. The van der Waals surface area contributed by atoms with Crippen molar-refractivity contribution in [3.8, 4) is 5.75 Å². The van der Waals surface area contributed by atoms with Gasteiger partial charge in [-0.05, 0) is 17.9 Å². The van der Waals surface area contributed by atoms with Gasteiger partial charge in [-0.3, -0.25) is 4.79 Å². The molecule has 0 bridgehead atoms. The molecule has 82 valence electrons. The van der Waals surface area contributed by atoms with E-state index in [0.29, 0.717) is 23.6 Å². The molecule has 0 saturated heterocycles. The minimum Gasteiger partial charge on any atom is -0.494 e. The van der Waals surface area contributed by atoms with Gasteiger partial charge in [0.25, 0.3) is 0 Å². The number of rotatable bonds is 4. The van der Waals surface area contributed by atoms with Crippen LogP contribution in [0.4, 0.5) is 10.1 Å². The summed E-state index contributed by atoms with van der Waals surface area (Å²) in [6, 6.07) is 3.94. The second-order valence-electron chi connectivity index (χ2n) is 2.87. The van der Waals surface area contributed by atoms with Crippen LogP contribution in [-0.4, -0.2) is 18.8 Å². The fourth-order valence-electron chi connectivity index (χ4n) is 1.08. The Morgan fingerprint density at radius 2 is 2.33 bits per heavy atom. The Morgan fingerprint density at radius 1 is 1.60 bits per heavy atom. The van der Waals surface area contributed by atoms with Gasteiger partial charge in [0.05, 0.1) is 12.8 Å². The maximum absolute atomic E-state index is 12.8. The lowest BCUT2D eigenvalue weighted by atomic mass is 10.2. The summed E-state index contributed by atoms with van der Waals surface area (Å²) in [5, 5.41) is 2.61. The van der Waals surface area contributed by atoms with E-state index in [1.54, 1.807) is 0 Å². The highest BCUT2D eigenvalue weighted by Crippen LogP contribution is 2.24. The molecule has 0 aromatic heterocycles. The average molecular weight is 229 g/mol. The lowest BCUT2D eigenvalue weighted by Gasteiger charge is -2.09. The van der Waals surface area contributed by atoms with Gasteiger partial charge in [0.1, 0.15) is 11.6 Å². The highest BCUT2D eigenvalue weighted by atomic mass is 32.1. The number of carbonyl (C=O) groups is 1. The number of hydrogen-bond donors (Lipinski definition) is 2. The minimum absolute atomic E-state index is 0.171. The van der Waals surface area contributed by atoms with E-state index in [-0.39, 0.29) is 5.91 Å². The van der Waals surface area contributed by atoms with Crippen molar-refractivity contribution < 1.29 is 13.9 Å². The summed E-state index contributed by atoms with van der Waals surface area (Å²) >= 11 is 3.94. The maximum atomic E-state index is 12.8. The molecule has 1 amide bonds. The highest BCUT2D eigenvalue weighted by Gasteiger charge is 2.07. The van der Waals surface area contributed by atoms with E-state index < -0.39 is 5.82 Å². The number of nitrogens with one attached hydrogen (secondary N) is 1. The number of carbonyl (C=O) groups excluding carboxylic acids is 1.